The summed E-state index contributed by atoms with van der Waals surface area (Å²) in [5.74, 6) is 0.0482. The molecule has 1 amide bonds. The molecule has 0 bridgehead atoms. The molecule has 0 radical (unpaired) electrons. The molecule has 1 fully saturated rings. The number of carboxylic acids is 1. The monoisotopic (exact) mass is 376 g/mol. The Kier molecular flexibility index (Phi) is 5.41. The van der Waals surface area contributed by atoms with Crippen molar-refractivity contribution in [2.24, 2.45) is 0 Å². The predicted molar refractivity (Wildman–Crippen MR) is 98.4 cm³/mol. The van der Waals surface area contributed by atoms with Crippen LogP contribution in [0.2, 0.25) is 0 Å². The molecule has 0 aromatic carbocycles. The maximum Gasteiger partial charge on any atom is 0.355 e. The van der Waals surface area contributed by atoms with Crippen molar-refractivity contribution in [2.45, 2.75) is 58.5 Å². The van der Waals surface area contributed by atoms with Crippen LogP contribution in [0.5, 0.6) is 0 Å². The Hall–Kier alpha value is -2.22. The van der Waals surface area contributed by atoms with Gasteiger partial charge in [0, 0.05) is 42.7 Å². The van der Waals surface area contributed by atoms with Crippen molar-refractivity contribution in [3.05, 3.63) is 33.8 Å². The largest absolute Gasteiger partial charge is 0.476 e. The van der Waals surface area contributed by atoms with Crippen LogP contribution in [0.3, 0.4) is 0 Å². The van der Waals surface area contributed by atoms with E-state index in [0.29, 0.717) is 17.8 Å². The molecule has 26 heavy (non-hydrogen) atoms. The first kappa shape index (κ1) is 18.6. The van der Waals surface area contributed by atoms with E-state index < -0.39 is 5.97 Å². The fourth-order valence-electron chi connectivity index (χ4n) is 3.57. The number of carbonyl (C=O) groups excluding carboxylic acids is 1. The SMILES string of the molecule is CCc1nccn1C(C)CC(=O)N1CCCC1c1nc(C(=O)O)c(C)s1. The van der Waals surface area contributed by atoms with Gasteiger partial charge in [0.15, 0.2) is 5.69 Å². The molecular weight excluding hydrogens is 352 g/mol. The van der Waals surface area contributed by atoms with Crippen molar-refractivity contribution in [3.63, 3.8) is 0 Å². The highest BCUT2D eigenvalue weighted by Crippen LogP contribution is 2.36. The molecule has 7 nitrogen and oxygen atoms in total. The Labute approximate surface area is 156 Å². The van der Waals surface area contributed by atoms with Gasteiger partial charge in [0.2, 0.25) is 5.91 Å². The normalized spacial score (nSPS) is 18.3. The molecule has 3 rings (SSSR count). The van der Waals surface area contributed by atoms with E-state index in [1.54, 1.807) is 13.1 Å². The molecular formula is C18H24N4O3S. The lowest BCUT2D eigenvalue weighted by molar-refractivity contribution is -0.132. The molecule has 140 valence electrons. The predicted octanol–water partition coefficient (Wildman–Crippen LogP) is 3.22. The van der Waals surface area contributed by atoms with E-state index in [9.17, 15) is 14.7 Å². The minimum absolute atomic E-state index is 0.0359. The second-order valence-corrected chi connectivity index (χ2v) is 7.90. The molecule has 1 aliphatic rings. The number of hydrogen-bond donors (Lipinski definition) is 1. The van der Waals surface area contributed by atoms with E-state index in [-0.39, 0.29) is 23.7 Å². The molecule has 2 unspecified atom stereocenters. The number of imidazole rings is 1. The number of aromatic carboxylic acids is 1. The van der Waals surface area contributed by atoms with Crippen LogP contribution in [0.25, 0.3) is 0 Å². The third kappa shape index (κ3) is 3.51. The Morgan fingerprint density at radius 2 is 2.23 bits per heavy atom. The number of hydrogen-bond acceptors (Lipinski definition) is 5. The quantitative estimate of drug-likeness (QED) is 0.836. The minimum atomic E-state index is -1.01. The lowest BCUT2D eigenvalue weighted by Crippen LogP contribution is -2.32. The van der Waals surface area contributed by atoms with Crippen LogP contribution in [0, 0.1) is 6.92 Å². The summed E-state index contributed by atoms with van der Waals surface area (Å²) >= 11 is 1.38. The minimum Gasteiger partial charge on any atom is -0.476 e. The fraction of sp³-hybridized carbons (Fsp3) is 0.556. The Bertz CT molecular complexity index is 813. The van der Waals surface area contributed by atoms with Crippen LogP contribution in [0.4, 0.5) is 0 Å². The smallest absolute Gasteiger partial charge is 0.355 e. The third-order valence-corrected chi connectivity index (χ3v) is 5.96. The van der Waals surface area contributed by atoms with E-state index in [2.05, 4.69) is 21.5 Å². The van der Waals surface area contributed by atoms with Crippen LogP contribution in [-0.4, -0.2) is 43.0 Å². The van der Waals surface area contributed by atoms with E-state index in [4.69, 9.17) is 0 Å². The molecule has 8 heteroatoms. The van der Waals surface area contributed by atoms with Crippen molar-refractivity contribution in [1.29, 1.82) is 0 Å². The second kappa shape index (κ2) is 7.57. The first-order valence-corrected chi connectivity index (χ1v) is 9.75. The summed E-state index contributed by atoms with van der Waals surface area (Å²) in [7, 11) is 0. The van der Waals surface area contributed by atoms with Gasteiger partial charge in [0.25, 0.3) is 0 Å². The number of carboxylic acid groups (broad SMARTS) is 1. The number of amides is 1. The van der Waals surface area contributed by atoms with Crippen LogP contribution in [0.15, 0.2) is 12.4 Å². The van der Waals surface area contributed by atoms with Gasteiger partial charge in [-0.2, -0.15) is 0 Å². The first-order chi connectivity index (χ1) is 12.4. The lowest BCUT2D eigenvalue weighted by Gasteiger charge is -2.25. The fourth-order valence-corrected chi connectivity index (χ4v) is 4.63. The number of rotatable bonds is 6. The zero-order chi connectivity index (χ0) is 18.8. The number of likely N-dealkylation sites (tertiary alicyclic amines) is 1. The standard InChI is InChI=1S/C18H24N4O3S/c1-4-14-19-7-9-21(14)11(2)10-15(23)22-8-5-6-13(22)17-20-16(18(24)25)12(3)26-17/h7,9,11,13H,4-6,8,10H2,1-3H3,(H,24,25). The highest BCUT2D eigenvalue weighted by Gasteiger charge is 2.33. The number of thiazole rings is 1. The van der Waals surface area contributed by atoms with Gasteiger partial charge in [-0.3, -0.25) is 4.79 Å². The summed E-state index contributed by atoms with van der Waals surface area (Å²) in [6, 6.07) is -0.0752. The summed E-state index contributed by atoms with van der Waals surface area (Å²) in [4.78, 5) is 35.3. The van der Waals surface area contributed by atoms with E-state index in [1.807, 2.05) is 18.0 Å². The van der Waals surface area contributed by atoms with Crippen LogP contribution < -0.4 is 0 Å². The molecule has 3 heterocycles. The van der Waals surface area contributed by atoms with Gasteiger partial charge in [-0.15, -0.1) is 11.3 Å². The molecule has 1 aliphatic heterocycles. The number of carbonyl (C=O) groups is 2. The molecule has 1 saturated heterocycles. The van der Waals surface area contributed by atoms with Crippen molar-refractivity contribution >= 4 is 23.2 Å². The molecule has 0 aliphatic carbocycles. The molecule has 0 spiro atoms. The maximum absolute atomic E-state index is 12.9. The topological polar surface area (TPSA) is 88.3 Å². The summed E-state index contributed by atoms with van der Waals surface area (Å²) in [6.45, 7) is 6.54. The van der Waals surface area contributed by atoms with E-state index in [1.165, 1.54) is 11.3 Å². The molecule has 2 aromatic rings. The first-order valence-electron chi connectivity index (χ1n) is 8.94. The van der Waals surface area contributed by atoms with Gasteiger partial charge >= 0.3 is 5.97 Å². The van der Waals surface area contributed by atoms with Gasteiger partial charge < -0.3 is 14.6 Å². The van der Waals surface area contributed by atoms with Crippen molar-refractivity contribution in [2.75, 3.05) is 6.54 Å². The highest BCUT2D eigenvalue weighted by molar-refractivity contribution is 7.12. The highest BCUT2D eigenvalue weighted by atomic mass is 32.1. The molecule has 2 atom stereocenters. The zero-order valence-electron chi connectivity index (χ0n) is 15.3. The summed E-state index contributed by atoms with van der Waals surface area (Å²) in [5, 5.41) is 9.96. The Morgan fingerprint density at radius 3 is 2.88 bits per heavy atom. The van der Waals surface area contributed by atoms with Crippen LogP contribution >= 0.6 is 11.3 Å². The van der Waals surface area contributed by atoms with Crippen molar-refractivity contribution in [3.8, 4) is 0 Å². The summed E-state index contributed by atoms with van der Waals surface area (Å²) in [6.07, 6.45) is 6.66. The van der Waals surface area contributed by atoms with Gasteiger partial charge in [-0.05, 0) is 26.7 Å². The van der Waals surface area contributed by atoms with Gasteiger partial charge in [0.1, 0.15) is 10.8 Å². The van der Waals surface area contributed by atoms with Crippen LogP contribution in [-0.2, 0) is 11.2 Å². The average Bonchev–Trinajstić information content (AvgIpc) is 3.32. The molecule has 1 N–H and O–H groups in total. The molecule has 2 aromatic heterocycles. The number of nitrogens with zero attached hydrogens (tertiary/aromatic N) is 4. The Morgan fingerprint density at radius 1 is 1.46 bits per heavy atom. The van der Waals surface area contributed by atoms with Gasteiger partial charge in [-0.25, -0.2) is 14.8 Å². The zero-order valence-corrected chi connectivity index (χ0v) is 16.1. The van der Waals surface area contributed by atoms with Gasteiger partial charge in [0.05, 0.1) is 6.04 Å². The average molecular weight is 376 g/mol. The van der Waals surface area contributed by atoms with Crippen molar-refractivity contribution in [1.82, 2.24) is 19.4 Å². The number of aromatic nitrogens is 3. The second-order valence-electron chi connectivity index (χ2n) is 6.66. The summed E-state index contributed by atoms with van der Waals surface area (Å²) in [5.41, 5.74) is 0.101. The third-order valence-electron chi connectivity index (χ3n) is 4.88. The summed E-state index contributed by atoms with van der Waals surface area (Å²) < 4.78 is 2.05. The Balaban J connectivity index is 1.74. The molecule has 0 saturated carbocycles. The van der Waals surface area contributed by atoms with Gasteiger partial charge in [-0.1, -0.05) is 6.92 Å². The van der Waals surface area contributed by atoms with Crippen LogP contribution in [0.1, 0.15) is 71.4 Å². The number of aryl methyl sites for hydroxylation is 2. The van der Waals surface area contributed by atoms with Crippen molar-refractivity contribution < 1.29 is 14.7 Å². The lowest BCUT2D eigenvalue weighted by atomic mass is 10.1. The van der Waals surface area contributed by atoms with E-state index in [0.717, 1.165) is 30.1 Å². The maximum atomic E-state index is 12.9. The van der Waals surface area contributed by atoms with E-state index >= 15 is 0 Å².